The summed E-state index contributed by atoms with van der Waals surface area (Å²) in [5.74, 6) is 0. The second-order valence-corrected chi connectivity index (χ2v) is 7.89. The molecule has 3 N–H and O–H groups in total. The average molecular weight is 343 g/mol. The topological polar surface area (TPSA) is 51.2 Å². The third kappa shape index (κ3) is 6.02. The minimum absolute atomic E-state index is 0.0305. The predicted molar refractivity (Wildman–Crippen MR) is 106 cm³/mol. The number of aryl methyl sites for hydroxylation is 5. The largest absolute Gasteiger partial charge is 0.394 e. The number of aromatic nitrogens is 1. The van der Waals surface area contributed by atoms with E-state index in [0.717, 1.165) is 25.7 Å². The highest BCUT2D eigenvalue weighted by molar-refractivity contribution is 5.28. The maximum atomic E-state index is 9.29. The Bertz CT molecular complexity index is 665. The lowest BCUT2D eigenvalue weighted by atomic mass is 9.97. The lowest BCUT2D eigenvalue weighted by molar-refractivity contribution is 0.200. The average Bonchev–Trinajstić information content (AvgIpc) is 2.89. The van der Waals surface area contributed by atoms with E-state index in [1.54, 1.807) is 0 Å². The maximum absolute atomic E-state index is 9.29. The molecule has 0 aliphatic carbocycles. The molecule has 138 valence electrons. The van der Waals surface area contributed by atoms with Gasteiger partial charge < -0.3 is 15.4 Å². The van der Waals surface area contributed by atoms with E-state index in [1.807, 2.05) is 6.92 Å². The van der Waals surface area contributed by atoms with E-state index in [0.29, 0.717) is 0 Å². The Morgan fingerprint density at radius 3 is 2.12 bits per heavy atom. The molecule has 1 unspecified atom stereocenters. The number of rotatable bonds is 9. The molecule has 3 heteroatoms. The highest BCUT2D eigenvalue weighted by Crippen LogP contribution is 2.17. The van der Waals surface area contributed by atoms with Gasteiger partial charge in [-0.1, -0.05) is 29.3 Å². The first kappa shape index (κ1) is 19.7. The number of hydrogen-bond donors (Lipinski definition) is 2. The van der Waals surface area contributed by atoms with Crippen molar-refractivity contribution in [3.63, 3.8) is 0 Å². The number of hydrogen-bond acceptors (Lipinski definition) is 2. The van der Waals surface area contributed by atoms with E-state index in [1.165, 1.54) is 40.9 Å². The van der Waals surface area contributed by atoms with Gasteiger partial charge >= 0.3 is 0 Å². The maximum Gasteiger partial charge on any atom is 0.0608 e. The highest BCUT2D eigenvalue weighted by atomic mass is 16.3. The molecular formula is C22H34N2O. The van der Waals surface area contributed by atoms with Crippen LogP contribution in [-0.4, -0.2) is 21.8 Å². The van der Waals surface area contributed by atoms with Gasteiger partial charge in [-0.15, -0.1) is 0 Å². The van der Waals surface area contributed by atoms with Crippen molar-refractivity contribution in [1.29, 1.82) is 0 Å². The number of benzene rings is 1. The minimum atomic E-state index is -0.490. The summed E-state index contributed by atoms with van der Waals surface area (Å²) < 4.78 is 2.30. The molecule has 2 rings (SSSR count). The third-order valence-electron chi connectivity index (χ3n) is 5.07. The molecule has 1 atom stereocenters. The van der Waals surface area contributed by atoms with Crippen LogP contribution in [0.5, 0.6) is 0 Å². The second-order valence-electron chi connectivity index (χ2n) is 7.89. The standard InChI is InChI=1S/C22H34N2O/c1-17-13-18(2)15-19(14-17)7-5-6-8-20-9-10-21(24(20)4)11-12-22(3,23)16-25/h9-10,13-15,25H,5-8,11-12,16,23H2,1-4H3. The first-order chi connectivity index (χ1) is 11.8. The Morgan fingerprint density at radius 2 is 1.52 bits per heavy atom. The van der Waals surface area contributed by atoms with Crippen molar-refractivity contribution in [2.24, 2.45) is 12.8 Å². The van der Waals surface area contributed by atoms with Gasteiger partial charge in [0.15, 0.2) is 0 Å². The molecule has 0 aliphatic rings. The van der Waals surface area contributed by atoms with Crippen LogP contribution in [0.25, 0.3) is 0 Å². The van der Waals surface area contributed by atoms with Gasteiger partial charge in [0.05, 0.1) is 6.61 Å². The fourth-order valence-corrected chi connectivity index (χ4v) is 3.44. The van der Waals surface area contributed by atoms with Crippen LogP contribution in [-0.2, 0) is 26.3 Å². The van der Waals surface area contributed by atoms with Crippen LogP contribution in [0.15, 0.2) is 30.3 Å². The van der Waals surface area contributed by atoms with Crippen molar-refractivity contribution in [3.8, 4) is 0 Å². The van der Waals surface area contributed by atoms with Gasteiger partial charge in [0, 0.05) is 24.0 Å². The van der Waals surface area contributed by atoms with E-state index in [2.05, 4.69) is 55.8 Å². The molecule has 0 radical (unpaired) electrons. The van der Waals surface area contributed by atoms with Crippen LogP contribution in [0.2, 0.25) is 0 Å². The van der Waals surface area contributed by atoms with Crippen molar-refractivity contribution in [2.75, 3.05) is 6.61 Å². The summed E-state index contributed by atoms with van der Waals surface area (Å²) in [4.78, 5) is 0. The lowest BCUT2D eigenvalue weighted by Crippen LogP contribution is -2.40. The number of aliphatic hydroxyl groups is 1. The highest BCUT2D eigenvalue weighted by Gasteiger charge is 2.17. The molecular weight excluding hydrogens is 308 g/mol. The van der Waals surface area contributed by atoms with Gasteiger partial charge in [-0.25, -0.2) is 0 Å². The first-order valence-electron chi connectivity index (χ1n) is 9.41. The zero-order valence-corrected chi connectivity index (χ0v) is 16.3. The molecule has 1 heterocycles. The number of nitrogens with two attached hydrogens (primary N) is 1. The summed E-state index contributed by atoms with van der Waals surface area (Å²) in [6.07, 6.45) is 6.40. The van der Waals surface area contributed by atoms with Crippen LogP contribution in [0.4, 0.5) is 0 Å². The van der Waals surface area contributed by atoms with Gasteiger partial charge in [-0.3, -0.25) is 0 Å². The minimum Gasteiger partial charge on any atom is -0.394 e. The Balaban J connectivity index is 1.81. The van der Waals surface area contributed by atoms with Crippen LogP contribution in [0.3, 0.4) is 0 Å². The molecule has 0 amide bonds. The van der Waals surface area contributed by atoms with E-state index < -0.39 is 5.54 Å². The van der Waals surface area contributed by atoms with Gasteiger partial charge in [0.25, 0.3) is 0 Å². The third-order valence-corrected chi connectivity index (χ3v) is 5.07. The van der Waals surface area contributed by atoms with Crippen molar-refractivity contribution in [1.82, 2.24) is 4.57 Å². The molecule has 3 nitrogen and oxygen atoms in total. The van der Waals surface area contributed by atoms with E-state index in [9.17, 15) is 5.11 Å². The normalized spacial score (nSPS) is 13.8. The molecule has 0 fully saturated rings. The van der Waals surface area contributed by atoms with Crippen molar-refractivity contribution >= 4 is 0 Å². The summed E-state index contributed by atoms with van der Waals surface area (Å²) in [5, 5.41) is 9.29. The SMILES string of the molecule is Cc1cc(C)cc(CCCCc2ccc(CCC(C)(N)CO)n2C)c1. The predicted octanol–water partition coefficient (Wildman–Crippen LogP) is 3.85. The number of aliphatic hydroxyl groups excluding tert-OH is 1. The lowest BCUT2D eigenvalue weighted by Gasteiger charge is -2.21. The number of nitrogens with zero attached hydrogens (tertiary/aromatic N) is 1. The molecule has 1 aromatic heterocycles. The summed E-state index contributed by atoms with van der Waals surface area (Å²) in [5.41, 5.74) is 12.4. The summed E-state index contributed by atoms with van der Waals surface area (Å²) >= 11 is 0. The Kier molecular flexibility index (Phi) is 6.86. The van der Waals surface area contributed by atoms with Gasteiger partial charge in [0.1, 0.15) is 0 Å². The van der Waals surface area contributed by atoms with Crippen LogP contribution >= 0.6 is 0 Å². The van der Waals surface area contributed by atoms with E-state index >= 15 is 0 Å². The van der Waals surface area contributed by atoms with Crippen LogP contribution < -0.4 is 5.73 Å². The van der Waals surface area contributed by atoms with Crippen LogP contribution in [0.1, 0.15) is 54.3 Å². The molecule has 0 saturated heterocycles. The summed E-state index contributed by atoms with van der Waals surface area (Å²) in [7, 11) is 2.14. The Morgan fingerprint density at radius 1 is 0.960 bits per heavy atom. The van der Waals surface area contributed by atoms with Crippen molar-refractivity contribution < 1.29 is 5.11 Å². The molecule has 0 spiro atoms. The van der Waals surface area contributed by atoms with Crippen molar-refractivity contribution in [3.05, 3.63) is 58.4 Å². The Hall–Kier alpha value is -1.58. The fourth-order valence-electron chi connectivity index (χ4n) is 3.44. The monoisotopic (exact) mass is 342 g/mol. The zero-order chi connectivity index (χ0) is 18.4. The summed E-state index contributed by atoms with van der Waals surface area (Å²) in [6, 6.07) is 11.3. The number of unbranched alkanes of at least 4 members (excludes halogenated alkanes) is 1. The molecule has 25 heavy (non-hydrogen) atoms. The Labute approximate surface area is 152 Å². The quantitative estimate of drug-likeness (QED) is 0.680. The van der Waals surface area contributed by atoms with Gasteiger partial charge in [0.2, 0.25) is 0 Å². The van der Waals surface area contributed by atoms with Gasteiger partial charge in [-0.2, -0.15) is 0 Å². The van der Waals surface area contributed by atoms with Crippen molar-refractivity contribution in [2.45, 2.75) is 64.8 Å². The van der Waals surface area contributed by atoms with E-state index in [4.69, 9.17) is 5.73 Å². The fraction of sp³-hybridized carbons (Fsp3) is 0.545. The zero-order valence-electron chi connectivity index (χ0n) is 16.3. The van der Waals surface area contributed by atoms with E-state index in [-0.39, 0.29) is 6.61 Å². The van der Waals surface area contributed by atoms with Gasteiger partial charge in [-0.05, 0) is 77.0 Å². The molecule has 0 bridgehead atoms. The van der Waals surface area contributed by atoms with Crippen LogP contribution in [0, 0.1) is 13.8 Å². The molecule has 2 aromatic rings. The molecule has 0 aliphatic heterocycles. The molecule has 1 aromatic carbocycles. The second kappa shape index (κ2) is 8.68. The summed E-state index contributed by atoms with van der Waals surface area (Å²) in [6.45, 7) is 6.28. The first-order valence-corrected chi connectivity index (χ1v) is 9.41. The molecule has 0 saturated carbocycles. The smallest absolute Gasteiger partial charge is 0.0608 e.